The van der Waals surface area contributed by atoms with Gasteiger partial charge in [-0.3, -0.25) is 4.79 Å². The number of carbonyl (C=O) groups excluding carboxylic acids is 1. The first-order valence-corrected chi connectivity index (χ1v) is 17.3. The van der Waals surface area contributed by atoms with Crippen molar-refractivity contribution >= 4 is 5.97 Å². The molecule has 0 saturated carbocycles. The summed E-state index contributed by atoms with van der Waals surface area (Å²) in [7, 11) is 0. The van der Waals surface area contributed by atoms with Gasteiger partial charge >= 0.3 is 5.97 Å². The molecule has 2 rings (SSSR count). The van der Waals surface area contributed by atoms with Crippen LogP contribution in [0, 0.1) is 0 Å². The minimum Gasteiger partial charge on any atom is -0.463 e. The second-order valence-corrected chi connectivity index (χ2v) is 12.5. The SMILES string of the molecule is CCCCCCCC/C=C\CCCCCCCC(=O)OCC(O)COC1O[C@H](COC2OC(CO)[C@@H](O)C(O)[C@H]2O)[C@@H](O)C(O)[C@H]1O. The number of carbonyl (C=O) groups is 1. The summed E-state index contributed by atoms with van der Waals surface area (Å²) in [6.07, 6.45) is 3.00. The maximum absolute atomic E-state index is 12.1. The molecule has 276 valence electrons. The van der Waals surface area contributed by atoms with Gasteiger partial charge in [0.05, 0.1) is 19.8 Å². The quantitative estimate of drug-likeness (QED) is 0.0397. The maximum Gasteiger partial charge on any atom is 0.305 e. The van der Waals surface area contributed by atoms with Crippen molar-refractivity contribution in [2.45, 2.75) is 164 Å². The highest BCUT2D eigenvalue weighted by atomic mass is 16.7. The second kappa shape index (κ2) is 24.0. The van der Waals surface area contributed by atoms with Gasteiger partial charge in [0.2, 0.25) is 0 Å². The smallest absolute Gasteiger partial charge is 0.305 e. The predicted octanol–water partition coefficient (Wildman–Crippen LogP) is 0.569. The molecular weight excluding hydrogens is 620 g/mol. The van der Waals surface area contributed by atoms with E-state index in [1.54, 1.807) is 0 Å². The van der Waals surface area contributed by atoms with Crippen LogP contribution in [-0.4, -0.2) is 141 Å². The zero-order valence-electron chi connectivity index (χ0n) is 27.8. The summed E-state index contributed by atoms with van der Waals surface area (Å²) in [4.78, 5) is 12.1. The first kappa shape index (κ1) is 41.9. The van der Waals surface area contributed by atoms with Crippen LogP contribution in [0.3, 0.4) is 0 Å². The van der Waals surface area contributed by atoms with Crippen LogP contribution in [0.25, 0.3) is 0 Å². The van der Waals surface area contributed by atoms with Crippen LogP contribution in [0.15, 0.2) is 12.2 Å². The zero-order chi connectivity index (χ0) is 34.6. The predicted molar refractivity (Wildman–Crippen MR) is 169 cm³/mol. The number of hydrogen-bond acceptors (Lipinski definition) is 14. The summed E-state index contributed by atoms with van der Waals surface area (Å²) < 4.78 is 26.6. The van der Waals surface area contributed by atoms with Gasteiger partial charge in [-0.15, -0.1) is 0 Å². The number of allylic oxidation sites excluding steroid dienone is 2. The first-order chi connectivity index (χ1) is 22.6. The fourth-order valence-corrected chi connectivity index (χ4v) is 5.44. The number of unbranched alkanes of at least 4 members (excludes halogenated alkanes) is 11. The Bertz CT molecular complexity index is 844. The van der Waals surface area contributed by atoms with Crippen LogP contribution in [0.5, 0.6) is 0 Å². The van der Waals surface area contributed by atoms with Crippen LogP contribution >= 0.6 is 0 Å². The van der Waals surface area contributed by atoms with E-state index in [9.17, 15) is 45.6 Å². The van der Waals surface area contributed by atoms with Crippen molar-refractivity contribution in [2.24, 2.45) is 0 Å². The average Bonchev–Trinajstić information content (AvgIpc) is 3.06. The molecule has 2 fully saturated rings. The fourth-order valence-electron chi connectivity index (χ4n) is 5.44. The third-order valence-electron chi connectivity index (χ3n) is 8.47. The van der Waals surface area contributed by atoms with Crippen molar-refractivity contribution in [1.82, 2.24) is 0 Å². The molecule has 8 N–H and O–H groups in total. The Labute approximate surface area is 278 Å². The topological polar surface area (TPSA) is 225 Å². The molecule has 14 nitrogen and oxygen atoms in total. The van der Waals surface area contributed by atoms with E-state index in [0.29, 0.717) is 6.42 Å². The minimum absolute atomic E-state index is 0.233. The van der Waals surface area contributed by atoms with Crippen LogP contribution in [0.2, 0.25) is 0 Å². The zero-order valence-corrected chi connectivity index (χ0v) is 27.8. The molecule has 2 aliphatic heterocycles. The Morgan fingerprint density at radius 3 is 1.77 bits per heavy atom. The molecule has 0 amide bonds. The van der Waals surface area contributed by atoms with Gasteiger partial charge in [-0.1, -0.05) is 70.4 Å². The molecule has 0 aliphatic carbocycles. The summed E-state index contributed by atoms with van der Waals surface area (Å²) in [5.41, 5.74) is 0. The lowest BCUT2D eigenvalue weighted by Gasteiger charge is -2.42. The molecule has 2 saturated heterocycles. The number of aliphatic hydroxyl groups is 8. The summed E-state index contributed by atoms with van der Waals surface area (Å²) >= 11 is 0. The van der Waals surface area contributed by atoms with E-state index in [1.165, 1.54) is 38.5 Å². The van der Waals surface area contributed by atoms with E-state index >= 15 is 0 Å². The Morgan fingerprint density at radius 2 is 1.17 bits per heavy atom. The molecule has 2 heterocycles. The van der Waals surface area contributed by atoms with Gasteiger partial charge in [-0.25, -0.2) is 0 Å². The Hall–Kier alpha value is -1.27. The van der Waals surface area contributed by atoms with Gasteiger partial charge in [0.1, 0.15) is 61.5 Å². The van der Waals surface area contributed by atoms with Crippen molar-refractivity contribution < 1.29 is 69.3 Å². The van der Waals surface area contributed by atoms with Crippen LogP contribution < -0.4 is 0 Å². The lowest BCUT2D eigenvalue weighted by molar-refractivity contribution is -0.332. The van der Waals surface area contributed by atoms with E-state index in [0.717, 1.165) is 38.5 Å². The number of hydrogen-bond donors (Lipinski definition) is 8. The van der Waals surface area contributed by atoms with Crippen LogP contribution in [0.1, 0.15) is 96.8 Å². The molecule has 0 aromatic carbocycles. The highest BCUT2D eigenvalue weighted by Gasteiger charge is 2.47. The molecule has 0 bridgehead atoms. The van der Waals surface area contributed by atoms with Gasteiger partial charge in [-0.05, 0) is 32.1 Å². The van der Waals surface area contributed by atoms with E-state index < -0.39 is 93.3 Å². The molecule has 14 heteroatoms. The lowest BCUT2D eigenvalue weighted by atomic mass is 9.98. The van der Waals surface area contributed by atoms with Gasteiger partial charge in [0.15, 0.2) is 12.6 Å². The van der Waals surface area contributed by atoms with Crippen molar-refractivity contribution in [2.75, 3.05) is 26.4 Å². The Kier molecular flexibility index (Phi) is 21.4. The third kappa shape index (κ3) is 15.4. The largest absolute Gasteiger partial charge is 0.463 e. The summed E-state index contributed by atoms with van der Waals surface area (Å²) in [5.74, 6) is -0.445. The van der Waals surface area contributed by atoms with Crippen molar-refractivity contribution in [3.63, 3.8) is 0 Å². The molecule has 0 aromatic rings. The van der Waals surface area contributed by atoms with Gasteiger partial charge in [-0.2, -0.15) is 0 Å². The standard InChI is InChI=1S/C33H60O14/c1-2-3-4-5-6-7-8-9-10-11-12-13-14-15-16-17-25(36)43-19-22(35)20-44-32-31(42)29(40)27(38)24(47-32)21-45-33-30(41)28(39)26(37)23(18-34)46-33/h9-10,22-24,26-35,37-42H,2-8,11-21H2,1H3/b10-9-/t22?,23?,24-,26-,27-,28?,29?,30-,31-,32?,33?/m1/s1. The number of esters is 1. The monoisotopic (exact) mass is 680 g/mol. The van der Waals surface area contributed by atoms with E-state index in [1.807, 2.05) is 0 Å². The van der Waals surface area contributed by atoms with Crippen molar-refractivity contribution in [3.05, 3.63) is 12.2 Å². The number of rotatable bonds is 24. The minimum atomic E-state index is -1.72. The van der Waals surface area contributed by atoms with Crippen molar-refractivity contribution in [1.29, 1.82) is 0 Å². The molecule has 2 aliphatic rings. The fraction of sp³-hybridized carbons (Fsp3) is 0.909. The highest BCUT2D eigenvalue weighted by Crippen LogP contribution is 2.26. The molecule has 0 spiro atoms. The summed E-state index contributed by atoms with van der Waals surface area (Å²) in [6.45, 7) is 0.287. The third-order valence-corrected chi connectivity index (χ3v) is 8.47. The molecule has 0 radical (unpaired) electrons. The van der Waals surface area contributed by atoms with Crippen LogP contribution in [0.4, 0.5) is 0 Å². The number of ether oxygens (including phenoxy) is 5. The first-order valence-electron chi connectivity index (χ1n) is 17.3. The van der Waals surface area contributed by atoms with Gasteiger partial charge in [0, 0.05) is 6.42 Å². The molecular formula is C33H60O14. The highest BCUT2D eigenvalue weighted by molar-refractivity contribution is 5.69. The lowest BCUT2D eigenvalue weighted by Crippen LogP contribution is -2.61. The Morgan fingerprint density at radius 1 is 0.660 bits per heavy atom. The molecule has 11 atom stereocenters. The molecule has 6 unspecified atom stereocenters. The molecule has 0 aromatic heterocycles. The van der Waals surface area contributed by atoms with E-state index in [4.69, 9.17) is 23.7 Å². The normalized spacial score (nSPS) is 32.1. The summed E-state index contributed by atoms with van der Waals surface area (Å²) in [6, 6.07) is 0. The van der Waals surface area contributed by atoms with Crippen LogP contribution in [-0.2, 0) is 28.5 Å². The van der Waals surface area contributed by atoms with E-state index in [2.05, 4.69) is 19.1 Å². The molecule has 47 heavy (non-hydrogen) atoms. The second-order valence-electron chi connectivity index (χ2n) is 12.5. The maximum atomic E-state index is 12.1. The van der Waals surface area contributed by atoms with Crippen molar-refractivity contribution in [3.8, 4) is 0 Å². The van der Waals surface area contributed by atoms with Gasteiger partial charge < -0.3 is 64.5 Å². The Balaban J connectivity index is 1.57. The number of aliphatic hydroxyl groups excluding tert-OH is 8. The van der Waals surface area contributed by atoms with E-state index in [-0.39, 0.29) is 13.0 Å². The van der Waals surface area contributed by atoms with Gasteiger partial charge in [0.25, 0.3) is 0 Å². The average molecular weight is 681 g/mol. The summed E-state index contributed by atoms with van der Waals surface area (Å²) in [5, 5.41) is 80.3.